The number of anilines is 2. The maximum Gasteiger partial charge on any atom is 0.135 e. The van der Waals surface area contributed by atoms with Gasteiger partial charge in [0.1, 0.15) is 16.2 Å². The molecule has 0 radical (unpaired) electrons. The molecule has 106 valence electrons. The number of nitrogens with one attached hydrogen (secondary N) is 1. The van der Waals surface area contributed by atoms with Crippen molar-refractivity contribution in [1.29, 1.82) is 0 Å². The van der Waals surface area contributed by atoms with Crippen molar-refractivity contribution >= 4 is 27.4 Å². The molecular weight excluding hydrogens is 318 g/mol. The van der Waals surface area contributed by atoms with E-state index in [1.54, 1.807) is 7.11 Å². The molecule has 1 N–H and O–H groups in total. The molecule has 1 aromatic carbocycles. The maximum atomic E-state index is 5.21. The number of para-hydroxylation sites is 1. The Morgan fingerprint density at radius 1 is 1.25 bits per heavy atom. The fraction of sp³-hybridized carbons (Fsp3) is 0.333. The molecule has 0 fully saturated rings. The Labute approximate surface area is 127 Å². The van der Waals surface area contributed by atoms with Gasteiger partial charge in [-0.05, 0) is 22.0 Å². The summed E-state index contributed by atoms with van der Waals surface area (Å²) >= 11 is 3.43. The van der Waals surface area contributed by atoms with Crippen LogP contribution in [0, 0.1) is 0 Å². The van der Waals surface area contributed by atoms with Crippen molar-refractivity contribution in [2.24, 2.45) is 0 Å². The summed E-state index contributed by atoms with van der Waals surface area (Å²) in [5.74, 6) is 1.87. The number of aromatic nitrogens is 2. The van der Waals surface area contributed by atoms with Crippen LogP contribution in [0.25, 0.3) is 0 Å². The van der Waals surface area contributed by atoms with Gasteiger partial charge in [0.15, 0.2) is 0 Å². The molecule has 0 saturated carbocycles. The third kappa shape index (κ3) is 3.77. The van der Waals surface area contributed by atoms with Crippen molar-refractivity contribution in [2.45, 2.75) is 26.4 Å². The third-order valence-corrected chi connectivity index (χ3v) is 3.21. The lowest BCUT2D eigenvalue weighted by molar-refractivity contribution is 0.185. The van der Waals surface area contributed by atoms with Crippen LogP contribution < -0.4 is 5.32 Å². The van der Waals surface area contributed by atoms with Crippen LogP contribution in [0.15, 0.2) is 34.9 Å². The smallest absolute Gasteiger partial charge is 0.135 e. The number of halogens is 1. The number of hydrogen-bond donors (Lipinski definition) is 1. The number of ether oxygens (including phenoxy) is 1. The van der Waals surface area contributed by atoms with Crippen LogP contribution in [0.4, 0.5) is 11.5 Å². The van der Waals surface area contributed by atoms with E-state index >= 15 is 0 Å². The summed E-state index contributed by atoms with van der Waals surface area (Å²) in [6.45, 7) is 4.71. The largest absolute Gasteiger partial charge is 0.380 e. The molecular formula is C15H18BrN3O. The molecule has 0 aliphatic rings. The summed E-state index contributed by atoms with van der Waals surface area (Å²) in [4.78, 5) is 8.91. The number of benzene rings is 1. The van der Waals surface area contributed by atoms with E-state index in [9.17, 15) is 0 Å². The average molecular weight is 336 g/mol. The summed E-state index contributed by atoms with van der Waals surface area (Å²) in [6, 6.07) is 9.90. The van der Waals surface area contributed by atoms with Gasteiger partial charge in [-0.15, -0.1) is 0 Å². The topological polar surface area (TPSA) is 47.0 Å². The predicted molar refractivity (Wildman–Crippen MR) is 84.3 cm³/mol. The van der Waals surface area contributed by atoms with Gasteiger partial charge in [0.05, 0.1) is 6.61 Å². The van der Waals surface area contributed by atoms with Crippen LogP contribution in [0.1, 0.15) is 31.2 Å². The van der Waals surface area contributed by atoms with Crippen molar-refractivity contribution in [2.75, 3.05) is 12.4 Å². The van der Waals surface area contributed by atoms with E-state index < -0.39 is 0 Å². The Bertz CT molecular complexity index is 587. The second kappa shape index (κ2) is 6.81. The number of methoxy groups -OCH3 is 1. The molecule has 2 rings (SSSR count). The predicted octanol–water partition coefficient (Wildman–Crippen LogP) is 4.25. The zero-order chi connectivity index (χ0) is 14.5. The molecule has 0 amide bonds. The lowest BCUT2D eigenvalue weighted by Gasteiger charge is -2.12. The van der Waals surface area contributed by atoms with Gasteiger partial charge >= 0.3 is 0 Å². The Morgan fingerprint density at radius 2 is 2.00 bits per heavy atom. The Morgan fingerprint density at radius 3 is 2.70 bits per heavy atom. The Hall–Kier alpha value is -1.46. The summed E-state index contributed by atoms with van der Waals surface area (Å²) < 4.78 is 5.99. The molecule has 0 atom stereocenters. The molecule has 0 aliphatic carbocycles. The van der Waals surface area contributed by atoms with Crippen LogP contribution in [-0.4, -0.2) is 17.1 Å². The van der Waals surface area contributed by atoms with Crippen LogP contribution in [0.2, 0.25) is 0 Å². The van der Waals surface area contributed by atoms with Crippen LogP contribution in [-0.2, 0) is 11.3 Å². The average Bonchev–Trinajstić information content (AvgIpc) is 2.40. The zero-order valence-corrected chi connectivity index (χ0v) is 13.4. The SMILES string of the molecule is COCc1ccccc1Nc1cc(Br)nc(C(C)C)n1. The highest BCUT2D eigenvalue weighted by Crippen LogP contribution is 2.23. The van der Waals surface area contributed by atoms with Gasteiger partial charge < -0.3 is 10.1 Å². The molecule has 1 heterocycles. The molecule has 2 aromatic rings. The van der Waals surface area contributed by atoms with Crippen molar-refractivity contribution in [3.05, 3.63) is 46.3 Å². The van der Waals surface area contributed by atoms with Gasteiger partial charge in [-0.3, -0.25) is 0 Å². The molecule has 0 spiro atoms. The van der Waals surface area contributed by atoms with E-state index in [-0.39, 0.29) is 5.92 Å². The van der Waals surface area contributed by atoms with Crippen molar-refractivity contribution in [1.82, 2.24) is 9.97 Å². The van der Waals surface area contributed by atoms with Gasteiger partial charge in [-0.1, -0.05) is 32.0 Å². The second-order valence-electron chi connectivity index (χ2n) is 4.80. The summed E-state index contributed by atoms with van der Waals surface area (Å²) in [7, 11) is 1.69. The Balaban J connectivity index is 2.30. The van der Waals surface area contributed by atoms with Crippen molar-refractivity contribution in [3.8, 4) is 0 Å². The van der Waals surface area contributed by atoms with Gasteiger partial charge in [0.2, 0.25) is 0 Å². The normalized spacial score (nSPS) is 10.8. The minimum atomic E-state index is 0.280. The van der Waals surface area contributed by atoms with E-state index in [1.807, 2.05) is 30.3 Å². The van der Waals surface area contributed by atoms with Gasteiger partial charge in [0, 0.05) is 30.3 Å². The first-order chi connectivity index (χ1) is 9.60. The van der Waals surface area contributed by atoms with Crippen LogP contribution in [0.5, 0.6) is 0 Å². The molecule has 1 aromatic heterocycles. The standard InChI is InChI=1S/C15H18BrN3O/c1-10(2)15-18-13(16)8-14(19-15)17-12-7-5-4-6-11(12)9-20-3/h4-8,10H,9H2,1-3H3,(H,17,18,19). The molecule has 20 heavy (non-hydrogen) atoms. The van der Waals surface area contributed by atoms with E-state index in [1.165, 1.54) is 0 Å². The van der Waals surface area contributed by atoms with E-state index in [0.717, 1.165) is 27.5 Å². The van der Waals surface area contributed by atoms with E-state index in [0.29, 0.717) is 6.61 Å². The quantitative estimate of drug-likeness (QED) is 0.829. The summed E-state index contributed by atoms with van der Waals surface area (Å²) in [5.41, 5.74) is 2.09. The zero-order valence-electron chi connectivity index (χ0n) is 11.9. The fourth-order valence-corrected chi connectivity index (χ4v) is 2.22. The fourth-order valence-electron chi connectivity index (χ4n) is 1.82. The second-order valence-corrected chi connectivity index (χ2v) is 5.62. The highest BCUT2D eigenvalue weighted by molar-refractivity contribution is 9.10. The van der Waals surface area contributed by atoms with Gasteiger partial charge in [-0.25, -0.2) is 9.97 Å². The van der Waals surface area contributed by atoms with Gasteiger partial charge in [0.25, 0.3) is 0 Å². The molecule has 0 saturated heterocycles. The molecule has 0 aliphatic heterocycles. The van der Waals surface area contributed by atoms with Crippen molar-refractivity contribution < 1.29 is 4.74 Å². The molecule has 0 unspecified atom stereocenters. The lowest BCUT2D eigenvalue weighted by Crippen LogP contribution is -2.04. The minimum absolute atomic E-state index is 0.280. The highest BCUT2D eigenvalue weighted by Gasteiger charge is 2.08. The third-order valence-electron chi connectivity index (χ3n) is 2.81. The number of nitrogens with zero attached hydrogens (tertiary/aromatic N) is 2. The summed E-state index contributed by atoms with van der Waals surface area (Å²) in [6.07, 6.45) is 0. The number of hydrogen-bond acceptors (Lipinski definition) is 4. The number of rotatable bonds is 5. The maximum absolute atomic E-state index is 5.21. The minimum Gasteiger partial charge on any atom is -0.380 e. The van der Waals surface area contributed by atoms with E-state index in [2.05, 4.69) is 45.1 Å². The Kier molecular flexibility index (Phi) is 5.09. The van der Waals surface area contributed by atoms with Crippen LogP contribution >= 0.6 is 15.9 Å². The monoisotopic (exact) mass is 335 g/mol. The molecule has 5 heteroatoms. The molecule has 4 nitrogen and oxygen atoms in total. The lowest BCUT2D eigenvalue weighted by atomic mass is 10.2. The van der Waals surface area contributed by atoms with Gasteiger partial charge in [-0.2, -0.15) is 0 Å². The summed E-state index contributed by atoms with van der Waals surface area (Å²) in [5, 5.41) is 3.33. The van der Waals surface area contributed by atoms with Crippen molar-refractivity contribution in [3.63, 3.8) is 0 Å². The van der Waals surface area contributed by atoms with E-state index in [4.69, 9.17) is 4.74 Å². The molecule has 0 bridgehead atoms. The highest BCUT2D eigenvalue weighted by atomic mass is 79.9. The van der Waals surface area contributed by atoms with Crippen LogP contribution in [0.3, 0.4) is 0 Å². The first-order valence-electron chi connectivity index (χ1n) is 6.48. The first-order valence-corrected chi connectivity index (χ1v) is 7.27. The first kappa shape index (κ1) is 14.9.